The number of benzene rings is 1. The van der Waals surface area contributed by atoms with Crippen molar-refractivity contribution < 1.29 is 4.74 Å². The van der Waals surface area contributed by atoms with E-state index in [1.165, 1.54) is 48.8 Å². The molecule has 1 aromatic carbocycles. The Labute approximate surface area is 116 Å². The minimum absolute atomic E-state index is 0.500. The maximum absolute atomic E-state index is 5.79. The van der Waals surface area contributed by atoms with Gasteiger partial charge in [-0.25, -0.2) is 0 Å². The third-order valence-electron chi connectivity index (χ3n) is 4.51. The number of hydrogen-bond acceptors (Lipinski definition) is 2. The van der Waals surface area contributed by atoms with E-state index >= 15 is 0 Å². The molecule has 1 N–H and O–H groups in total. The molecule has 2 heteroatoms. The first kappa shape index (κ1) is 13.1. The topological polar surface area (TPSA) is 21.3 Å². The van der Waals surface area contributed by atoms with Crippen LogP contribution in [-0.4, -0.2) is 19.3 Å². The van der Waals surface area contributed by atoms with Crippen molar-refractivity contribution >= 4 is 0 Å². The van der Waals surface area contributed by atoms with Gasteiger partial charge >= 0.3 is 0 Å². The monoisotopic (exact) mass is 259 g/mol. The van der Waals surface area contributed by atoms with Crippen LogP contribution in [0, 0.1) is 6.92 Å². The molecule has 1 aromatic rings. The zero-order valence-electron chi connectivity index (χ0n) is 12.0. The molecule has 0 amide bonds. The van der Waals surface area contributed by atoms with Gasteiger partial charge in [0.25, 0.3) is 0 Å². The second-order valence-electron chi connectivity index (χ2n) is 6.02. The predicted octanol–water partition coefficient (Wildman–Crippen LogP) is 3.53. The Kier molecular flexibility index (Phi) is 4.19. The molecule has 2 nitrogen and oxygen atoms in total. The third-order valence-corrected chi connectivity index (χ3v) is 4.51. The minimum Gasteiger partial charge on any atom is -0.378 e. The average molecular weight is 259 g/mol. The van der Waals surface area contributed by atoms with Crippen molar-refractivity contribution in [1.29, 1.82) is 0 Å². The molecule has 3 rings (SSSR count). The first-order chi connectivity index (χ1) is 9.33. The van der Waals surface area contributed by atoms with Gasteiger partial charge in [0.2, 0.25) is 0 Å². The van der Waals surface area contributed by atoms with E-state index in [1.54, 1.807) is 0 Å². The number of ether oxygens (including phenoxy) is 1. The van der Waals surface area contributed by atoms with Gasteiger partial charge in [-0.2, -0.15) is 0 Å². The molecule has 1 saturated heterocycles. The highest BCUT2D eigenvalue weighted by atomic mass is 16.5. The molecule has 1 fully saturated rings. The van der Waals surface area contributed by atoms with Crippen LogP contribution in [-0.2, 0) is 11.2 Å². The van der Waals surface area contributed by atoms with Crippen LogP contribution in [0.1, 0.15) is 54.8 Å². The lowest BCUT2D eigenvalue weighted by molar-refractivity contribution is 0.0112. The molecule has 0 bridgehead atoms. The zero-order valence-corrected chi connectivity index (χ0v) is 12.0. The lowest BCUT2D eigenvalue weighted by Gasteiger charge is -2.23. The smallest absolute Gasteiger partial charge is 0.0587 e. The van der Waals surface area contributed by atoms with E-state index < -0.39 is 0 Å². The van der Waals surface area contributed by atoms with Gasteiger partial charge in [0, 0.05) is 12.6 Å². The number of fused-ring (bicyclic) bond motifs is 1. The van der Waals surface area contributed by atoms with Gasteiger partial charge in [0.1, 0.15) is 0 Å². The van der Waals surface area contributed by atoms with Gasteiger partial charge in [-0.1, -0.05) is 23.8 Å². The lowest BCUT2D eigenvalue weighted by atomic mass is 10.0. The van der Waals surface area contributed by atoms with Crippen LogP contribution in [0.5, 0.6) is 0 Å². The summed E-state index contributed by atoms with van der Waals surface area (Å²) in [5, 5.41) is 3.73. The quantitative estimate of drug-likeness (QED) is 0.893. The molecule has 1 heterocycles. The second-order valence-corrected chi connectivity index (χ2v) is 6.02. The fraction of sp³-hybridized carbons (Fsp3) is 0.647. The first-order valence-electron chi connectivity index (χ1n) is 7.77. The Morgan fingerprint density at radius 3 is 3.05 bits per heavy atom. The van der Waals surface area contributed by atoms with Crippen LogP contribution in [0.15, 0.2) is 18.2 Å². The van der Waals surface area contributed by atoms with E-state index in [-0.39, 0.29) is 0 Å². The van der Waals surface area contributed by atoms with Gasteiger partial charge in [-0.15, -0.1) is 0 Å². The SMILES string of the molecule is Cc1ccc2c(c1)C(NCCC1CCCCO1)CC2. The van der Waals surface area contributed by atoms with E-state index in [2.05, 4.69) is 30.4 Å². The highest BCUT2D eigenvalue weighted by Crippen LogP contribution is 2.31. The number of rotatable bonds is 4. The first-order valence-corrected chi connectivity index (χ1v) is 7.77. The van der Waals surface area contributed by atoms with Crippen LogP contribution >= 0.6 is 0 Å². The van der Waals surface area contributed by atoms with Crippen LogP contribution in [0.2, 0.25) is 0 Å². The molecular formula is C17H25NO. The summed E-state index contributed by atoms with van der Waals surface area (Å²) >= 11 is 0. The number of aryl methyl sites for hydroxylation is 2. The molecule has 19 heavy (non-hydrogen) atoms. The van der Waals surface area contributed by atoms with Crippen molar-refractivity contribution in [3.05, 3.63) is 34.9 Å². The molecule has 0 spiro atoms. The normalized spacial score (nSPS) is 26.4. The van der Waals surface area contributed by atoms with E-state index in [1.807, 2.05) is 0 Å². The molecule has 2 aliphatic rings. The third kappa shape index (κ3) is 3.18. The molecule has 104 valence electrons. The van der Waals surface area contributed by atoms with Crippen LogP contribution in [0.25, 0.3) is 0 Å². The Morgan fingerprint density at radius 2 is 2.21 bits per heavy atom. The Morgan fingerprint density at radius 1 is 1.26 bits per heavy atom. The summed E-state index contributed by atoms with van der Waals surface area (Å²) in [5.41, 5.74) is 4.45. The second kappa shape index (κ2) is 6.06. The summed E-state index contributed by atoms with van der Waals surface area (Å²) in [4.78, 5) is 0. The molecule has 1 aliphatic carbocycles. The van der Waals surface area contributed by atoms with Crippen molar-refractivity contribution in [1.82, 2.24) is 5.32 Å². The standard InChI is InChI=1S/C17H25NO/c1-13-5-6-14-7-8-17(16(14)12-13)18-10-9-15-4-2-3-11-19-15/h5-6,12,15,17-18H,2-4,7-11H2,1H3. The van der Waals surface area contributed by atoms with Crippen LogP contribution < -0.4 is 5.32 Å². The average Bonchev–Trinajstić information content (AvgIpc) is 2.83. The zero-order chi connectivity index (χ0) is 13.1. The number of nitrogens with one attached hydrogen (secondary N) is 1. The molecule has 0 aromatic heterocycles. The summed E-state index contributed by atoms with van der Waals surface area (Å²) in [5.74, 6) is 0. The highest BCUT2D eigenvalue weighted by Gasteiger charge is 2.22. The van der Waals surface area contributed by atoms with E-state index in [0.717, 1.165) is 19.6 Å². The summed E-state index contributed by atoms with van der Waals surface area (Å²) in [7, 11) is 0. The van der Waals surface area contributed by atoms with Crippen LogP contribution in [0.3, 0.4) is 0 Å². The number of hydrogen-bond donors (Lipinski definition) is 1. The van der Waals surface area contributed by atoms with Crippen molar-refractivity contribution in [3.8, 4) is 0 Å². The molecule has 0 radical (unpaired) electrons. The molecule has 2 unspecified atom stereocenters. The molecule has 1 aliphatic heterocycles. The highest BCUT2D eigenvalue weighted by molar-refractivity contribution is 5.37. The summed E-state index contributed by atoms with van der Waals surface area (Å²) < 4.78 is 5.79. The van der Waals surface area contributed by atoms with Gasteiger partial charge in [0.05, 0.1) is 6.10 Å². The van der Waals surface area contributed by atoms with Crippen molar-refractivity contribution in [2.24, 2.45) is 0 Å². The molecular weight excluding hydrogens is 234 g/mol. The summed E-state index contributed by atoms with van der Waals surface area (Å²) in [6.07, 6.45) is 7.99. The van der Waals surface area contributed by atoms with E-state index in [0.29, 0.717) is 12.1 Å². The van der Waals surface area contributed by atoms with Crippen molar-refractivity contribution in [2.75, 3.05) is 13.2 Å². The van der Waals surface area contributed by atoms with E-state index in [9.17, 15) is 0 Å². The maximum atomic E-state index is 5.79. The van der Waals surface area contributed by atoms with Crippen molar-refractivity contribution in [3.63, 3.8) is 0 Å². The van der Waals surface area contributed by atoms with Gasteiger partial charge in [-0.05, 0) is 63.1 Å². The van der Waals surface area contributed by atoms with Gasteiger partial charge in [-0.3, -0.25) is 0 Å². The lowest BCUT2D eigenvalue weighted by Crippen LogP contribution is -2.27. The Bertz CT molecular complexity index is 423. The molecule has 2 atom stereocenters. The fourth-order valence-electron chi connectivity index (χ4n) is 3.39. The van der Waals surface area contributed by atoms with Gasteiger partial charge in [0.15, 0.2) is 0 Å². The van der Waals surface area contributed by atoms with Crippen LogP contribution in [0.4, 0.5) is 0 Å². The van der Waals surface area contributed by atoms with Gasteiger partial charge < -0.3 is 10.1 Å². The Hall–Kier alpha value is -0.860. The summed E-state index contributed by atoms with van der Waals surface area (Å²) in [6, 6.07) is 7.46. The predicted molar refractivity (Wildman–Crippen MR) is 78.5 cm³/mol. The largest absolute Gasteiger partial charge is 0.378 e. The molecule has 0 saturated carbocycles. The van der Waals surface area contributed by atoms with E-state index in [4.69, 9.17) is 4.74 Å². The summed E-state index contributed by atoms with van der Waals surface area (Å²) in [6.45, 7) is 4.24. The van der Waals surface area contributed by atoms with Crippen molar-refractivity contribution in [2.45, 2.75) is 57.6 Å². The maximum Gasteiger partial charge on any atom is 0.0587 e. The fourth-order valence-corrected chi connectivity index (χ4v) is 3.39. The minimum atomic E-state index is 0.500. The Balaban J connectivity index is 1.50.